The quantitative estimate of drug-likeness (QED) is 0.825. The summed E-state index contributed by atoms with van der Waals surface area (Å²) >= 11 is 0. The highest BCUT2D eigenvalue weighted by Crippen LogP contribution is 2.31. The van der Waals surface area contributed by atoms with Crippen molar-refractivity contribution in [3.05, 3.63) is 18.0 Å². The lowest BCUT2D eigenvalue weighted by Crippen LogP contribution is -2.06. The number of ether oxygens (including phenoxy) is 2. The summed E-state index contributed by atoms with van der Waals surface area (Å²) in [7, 11) is 3.23. The van der Waals surface area contributed by atoms with Gasteiger partial charge in [-0.3, -0.25) is 0 Å². The molecule has 3 N–H and O–H groups in total. The zero-order chi connectivity index (χ0) is 11.7. The molecule has 0 aliphatic rings. The summed E-state index contributed by atoms with van der Waals surface area (Å²) in [5.74, 6) is 2.16. The molecule has 16 heavy (non-hydrogen) atoms. The van der Waals surface area contributed by atoms with Crippen molar-refractivity contribution in [1.82, 2.24) is 9.97 Å². The molecule has 0 saturated carbocycles. The van der Waals surface area contributed by atoms with E-state index in [9.17, 15) is 0 Å². The van der Waals surface area contributed by atoms with Crippen LogP contribution in [0.1, 0.15) is 18.8 Å². The number of nitrogens with zero attached hydrogens (tertiary/aromatic N) is 1. The average molecular weight is 221 g/mol. The third-order valence-corrected chi connectivity index (χ3v) is 2.46. The van der Waals surface area contributed by atoms with Crippen LogP contribution in [-0.4, -0.2) is 24.2 Å². The highest BCUT2D eigenvalue weighted by Gasteiger charge is 2.14. The Morgan fingerprint density at radius 2 is 1.88 bits per heavy atom. The lowest BCUT2D eigenvalue weighted by atomic mass is 10.2. The molecule has 0 aliphatic heterocycles. The number of nitrogens with one attached hydrogen (secondary N) is 1. The van der Waals surface area contributed by atoms with Crippen molar-refractivity contribution in [3.8, 4) is 11.5 Å². The summed E-state index contributed by atoms with van der Waals surface area (Å²) in [6.45, 7) is 1.87. The third-order valence-electron chi connectivity index (χ3n) is 2.46. The van der Waals surface area contributed by atoms with Crippen LogP contribution in [0.3, 0.4) is 0 Å². The molecule has 0 spiro atoms. The molecular formula is C11H15N3O2. The van der Waals surface area contributed by atoms with Crippen LogP contribution in [0.25, 0.3) is 11.0 Å². The minimum Gasteiger partial charge on any atom is -0.494 e. The first-order valence-electron chi connectivity index (χ1n) is 5.03. The minimum absolute atomic E-state index is 0.151. The fraction of sp³-hybridized carbons (Fsp3) is 0.364. The maximum atomic E-state index is 5.79. The van der Waals surface area contributed by atoms with Gasteiger partial charge in [-0.2, -0.15) is 0 Å². The smallest absolute Gasteiger partial charge is 0.146 e. The minimum atomic E-state index is -0.151. The number of H-pyrrole nitrogens is 1. The van der Waals surface area contributed by atoms with Gasteiger partial charge in [0.1, 0.15) is 28.4 Å². The number of aromatic nitrogens is 2. The Morgan fingerprint density at radius 3 is 2.44 bits per heavy atom. The van der Waals surface area contributed by atoms with E-state index in [4.69, 9.17) is 15.2 Å². The molecule has 86 valence electrons. The van der Waals surface area contributed by atoms with Crippen LogP contribution in [0.5, 0.6) is 11.5 Å². The standard InChI is InChI=1S/C11H15N3O2/c1-6(12)11-13-9-7(15-2)4-5-8(16-3)10(9)14-11/h4-6H,12H2,1-3H3,(H,13,14)/t6-/m1/s1. The average Bonchev–Trinajstić information content (AvgIpc) is 2.72. The van der Waals surface area contributed by atoms with Crippen LogP contribution >= 0.6 is 0 Å². The molecule has 5 nitrogen and oxygen atoms in total. The molecule has 0 unspecified atom stereocenters. The summed E-state index contributed by atoms with van der Waals surface area (Å²) in [6.07, 6.45) is 0. The summed E-state index contributed by atoms with van der Waals surface area (Å²) in [6, 6.07) is 3.51. The van der Waals surface area contributed by atoms with Gasteiger partial charge in [-0.25, -0.2) is 4.98 Å². The lowest BCUT2D eigenvalue weighted by Gasteiger charge is -2.04. The van der Waals surface area contributed by atoms with Gasteiger partial charge in [-0.1, -0.05) is 0 Å². The van der Waals surface area contributed by atoms with Crippen LogP contribution in [0.4, 0.5) is 0 Å². The Hall–Kier alpha value is -1.75. The fourth-order valence-electron chi connectivity index (χ4n) is 1.61. The van der Waals surface area contributed by atoms with E-state index in [-0.39, 0.29) is 6.04 Å². The number of fused-ring (bicyclic) bond motifs is 1. The molecule has 0 aliphatic carbocycles. The molecule has 1 aromatic carbocycles. The summed E-state index contributed by atoms with van der Waals surface area (Å²) in [4.78, 5) is 7.55. The molecule has 2 rings (SSSR count). The van der Waals surface area contributed by atoms with Gasteiger partial charge in [0.05, 0.1) is 20.3 Å². The molecule has 1 atom stereocenters. The van der Waals surface area contributed by atoms with Crippen molar-refractivity contribution >= 4 is 11.0 Å². The zero-order valence-electron chi connectivity index (χ0n) is 9.57. The van der Waals surface area contributed by atoms with E-state index in [0.29, 0.717) is 5.75 Å². The molecule has 1 heterocycles. The van der Waals surface area contributed by atoms with E-state index in [1.54, 1.807) is 14.2 Å². The zero-order valence-corrected chi connectivity index (χ0v) is 9.57. The highest BCUT2D eigenvalue weighted by molar-refractivity contribution is 5.87. The predicted octanol–water partition coefficient (Wildman–Crippen LogP) is 1.60. The van der Waals surface area contributed by atoms with Crippen molar-refractivity contribution in [2.24, 2.45) is 5.73 Å². The molecular weight excluding hydrogens is 206 g/mol. The second-order valence-corrected chi connectivity index (χ2v) is 3.60. The molecule has 0 bridgehead atoms. The Bertz CT molecular complexity index is 464. The first-order chi connectivity index (χ1) is 7.67. The van der Waals surface area contributed by atoms with E-state index in [2.05, 4.69) is 9.97 Å². The molecule has 1 aromatic heterocycles. The second-order valence-electron chi connectivity index (χ2n) is 3.60. The van der Waals surface area contributed by atoms with Crippen molar-refractivity contribution in [3.63, 3.8) is 0 Å². The van der Waals surface area contributed by atoms with Gasteiger partial charge in [0, 0.05) is 0 Å². The monoisotopic (exact) mass is 221 g/mol. The topological polar surface area (TPSA) is 73.2 Å². The number of imidazole rings is 1. The van der Waals surface area contributed by atoms with E-state index < -0.39 is 0 Å². The van der Waals surface area contributed by atoms with Gasteiger partial charge in [0.2, 0.25) is 0 Å². The van der Waals surface area contributed by atoms with Crippen LogP contribution < -0.4 is 15.2 Å². The number of methoxy groups -OCH3 is 2. The summed E-state index contributed by atoms with van der Waals surface area (Å²) in [5, 5.41) is 0. The van der Waals surface area contributed by atoms with Crippen LogP contribution in [0, 0.1) is 0 Å². The molecule has 0 saturated heterocycles. The number of nitrogens with two attached hydrogens (primary N) is 1. The van der Waals surface area contributed by atoms with E-state index in [1.807, 2.05) is 19.1 Å². The molecule has 0 radical (unpaired) electrons. The van der Waals surface area contributed by atoms with E-state index in [0.717, 1.165) is 22.6 Å². The molecule has 2 aromatic rings. The molecule has 5 heteroatoms. The van der Waals surface area contributed by atoms with Gasteiger partial charge < -0.3 is 20.2 Å². The van der Waals surface area contributed by atoms with Crippen LogP contribution in [0.15, 0.2) is 12.1 Å². The van der Waals surface area contributed by atoms with Crippen LogP contribution in [0.2, 0.25) is 0 Å². The Balaban J connectivity index is 2.70. The first-order valence-corrected chi connectivity index (χ1v) is 5.03. The number of hydrogen-bond donors (Lipinski definition) is 2. The van der Waals surface area contributed by atoms with Gasteiger partial charge in [-0.05, 0) is 19.1 Å². The van der Waals surface area contributed by atoms with Gasteiger partial charge in [0.15, 0.2) is 0 Å². The van der Waals surface area contributed by atoms with Crippen molar-refractivity contribution in [2.75, 3.05) is 14.2 Å². The maximum Gasteiger partial charge on any atom is 0.146 e. The van der Waals surface area contributed by atoms with Crippen molar-refractivity contribution in [1.29, 1.82) is 0 Å². The van der Waals surface area contributed by atoms with Crippen molar-refractivity contribution in [2.45, 2.75) is 13.0 Å². The van der Waals surface area contributed by atoms with Crippen molar-refractivity contribution < 1.29 is 9.47 Å². The molecule has 0 fully saturated rings. The summed E-state index contributed by atoms with van der Waals surface area (Å²) < 4.78 is 10.5. The Morgan fingerprint density at radius 1 is 1.25 bits per heavy atom. The summed E-state index contributed by atoms with van der Waals surface area (Å²) in [5.41, 5.74) is 7.34. The second kappa shape index (κ2) is 4.02. The number of benzene rings is 1. The number of hydrogen-bond acceptors (Lipinski definition) is 4. The van der Waals surface area contributed by atoms with Crippen LogP contribution in [-0.2, 0) is 0 Å². The van der Waals surface area contributed by atoms with E-state index >= 15 is 0 Å². The Kier molecular flexibility index (Phi) is 2.70. The maximum absolute atomic E-state index is 5.79. The van der Waals surface area contributed by atoms with Gasteiger partial charge in [0.25, 0.3) is 0 Å². The van der Waals surface area contributed by atoms with E-state index in [1.165, 1.54) is 0 Å². The number of rotatable bonds is 3. The highest BCUT2D eigenvalue weighted by atomic mass is 16.5. The number of aromatic amines is 1. The molecule has 0 amide bonds. The normalized spacial score (nSPS) is 12.8. The SMILES string of the molecule is COc1ccc(OC)c2[nH]c([C@@H](C)N)nc12. The Labute approximate surface area is 93.6 Å². The first kappa shape index (κ1) is 10.8. The fourth-order valence-corrected chi connectivity index (χ4v) is 1.61. The lowest BCUT2D eigenvalue weighted by molar-refractivity contribution is 0.409. The van der Waals surface area contributed by atoms with Gasteiger partial charge >= 0.3 is 0 Å². The third kappa shape index (κ3) is 1.59. The predicted molar refractivity (Wildman–Crippen MR) is 61.8 cm³/mol. The largest absolute Gasteiger partial charge is 0.494 e. The van der Waals surface area contributed by atoms with Gasteiger partial charge in [-0.15, -0.1) is 0 Å².